The summed E-state index contributed by atoms with van der Waals surface area (Å²) >= 11 is 5.84. The molecule has 2 aromatic rings. The number of hydrogen-bond acceptors (Lipinski definition) is 5. The standard InChI is InChI=1S/C14H19ClN6/c1-9(16)10-4-6-21(7-5-10)14-18-13(19-20-14)12-3-2-11(15)8-17-12/h2-3,8-10H,4-7,16H2,1H3,(H,18,19,20). The van der Waals surface area contributed by atoms with Crippen LogP contribution in [0.15, 0.2) is 18.3 Å². The number of H-pyrrole nitrogens is 1. The van der Waals surface area contributed by atoms with Crippen LogP contribution in [0.5, 0.6) is 0 Å². The minimum Gasteiger partial charge on any atom is -0.340 e. The minimum atomic E-state index is 0.258. The van der Waals surface area contributed by atoms with Crippen molar-refractivity contribution in [1.82, 2.24) is 20.2 Å². The van der Waals surface area contributed by atoms with Crippen LogP contribution >= 0.6 is 11.6 Å². The molecule has 0 radical (unpaired) electrons. The van der Waals surface area contributed by atoms with E-state index in [0.29, 0.717) is 16.8 Å². The van der Waals surface area contributed by atoms with Gasteiger partial charge in [0, 0.05) is 25.3 Å². The van der Waals surface area contributed by atoms with Crippen LogP contribution in [0.1, 0.15) is 19.8 Å². The summed E-state index contributed by atoms with van der Waals surface area (Å²) in [7, 11) is 0. The van der Waals surface area contributed by atoms with Crippen molar-refractivity contribution in [2.24, 2.45) is 11.7 Å². The van der Waals surface area contributed by atoms with Gasteiger partial charge in [0.25, 0.3) is 0 Å². The van der Waals surface area contributed by atoms with E-state index in [1.165, 1.54) is 0 Å². The maximum Gasteiger partial charge on any atom is 0.245 e. The number of aromatic amines is 1. The van der Waals surface area contributed by atoms with Crippen LogP contribution in [-0.2, 0) is 0 Å². The van der Waals surface area contributed by atoms with Gasteiger partial charge in [0.2, 0.25) is 5.95 Å². The highest BCUT2D eigenvalue weighted by Crippen LogP contribution is 2.23. The van der Waals surface area contributed by atoms with Gasteiger partial charge in [-0.05, 0) is 37.8 Å². The molecule has 0 saturated carbocycles. The molecule has 0 spiro atoms. The number of nitrogens with two attached hydrogens (primary N) is 1. The van der Waals surface area contributed by atoms with E-state index < -0.39 is 0 Å². The molecule has 3 rings (SSSR count). The molecule has 1 saturated heterocycles. The number of halogens is 1. The van der Waals surface area contributed by atoms with Crippen LogP contribution in [0.2, 0.25) is 5.02 Å². The SMILES string of the molecule is CC(N)C1CCN(c2n[nH]c(-c3ccc(Cl)cn3)n2)CC1. The van der Waals surface area contributed by atoms with E-state index in [9.17, 15) is 0 Å². The van der Waals surface area contributed by atoms with Gasteiger partial charge in [-0.15, -0.1) is 5.10 Å². The Hall–Kier alpha value is -1.66. The molecule has 1 fully saturated rings. The molecule has 7 heteroatoms. The van der Waals surface area contributed by atoms with E-state index in [4.69, 9.17) is 17.3 Å². The Labute approximate surface area is 128 Å². The molecule has 1 atom stereocenters. The van der Waals surface area contributed by atoms with Crippen molar-refractivity contribution >= 4 is 17.5 Å². The van der Waals surface area contributed by atoms with E-state index in [1.54, 1.807) is 12.3 Å². The van der Waals surface area contributed by atoms with Crippen molar-refractivity contribution in [3.63, 3.8) is 0 Å². The molecule has 0 amide bonds. The minimum absolute atomic E-state index is 0.258. The van der Waals surface area contributed by atoms with Crippen molar-refractivity contribution < 1.29 is 0 Å². The molecule has 1 aliphatic rings. The number of piperidine rings is 1. The summed E-state index contributed by atoms with van der Waals surface area (Å²) < 4.78 is 0. The molecule has 112 valence electrons. The molecule has 3 N–H and O–H groups in total. The first kappa shape index (κ1) is 14.3. The van der Waals surface area contributed by atoms with Gasteiger partial charge < -0.3 is 10.6 Å². The summed E-state index contributed by atoms with van der Waals surface area (Å²) in [5.41, 5.74) is 6.71. The monoisotopic (exact) mass is 306 g/mol. The number of rotatable bonds is 3. The van der Waals surface area contributed by atoms with E-state index >= 15 is 0 Å². The fraction of sp³-hybridized carbons (Fsp3) is 0.500. The van der Waals surface area contributed by atoms with Gasteiger partial charge in [-0.2, -0.15) is 4.98 Å². The Morgan fingerprint density at radius 3 is 2.76 bits per heavy atom. The average Bonchev–Trinajstić information content (AvgIpc) is 2.98. The topological polar surface area (TPSA) is 83.7 Å². The normalized spacial score (nSPS) is 18.0. The fourth-order valence-corrected chi connectivity index (χ4v) is 2.76. The zero-order valence-electron chi connectivity index (χ0n) is 12.0. The number of aromatic nitrogens is 4. The Kier molecular flexibility index (Phi) is 4.07. The largest absolute Gasteiger partial charge is 0.340 e. The van der Waals surface area contributed by atoms with E-state index in [1.807, 2.05) is 6.07 Å². The first-order valence-electron chi connectivity index (χ1n) is 7.18. The van der Waals surface area contributed by atoms with Crippen molar-refractivity contribution in [3.8, 4) is 11.5 Å². The van der Waals surface area contributed by atoms with Crippen molar-refractivity contribution in [2.75, 3.05) is 18.0 Å². The molecule has 0 aliphatic carbocycles. The Balaban J connectivity index is 1.70. The van der Waals surface area contributed by atoms with E-state index in [-0.39, 0.29) is 6.04 Å². The predicted molar refractivity (Wildman–Crippen MR) is 83.2 cm³/mol. The molecule has 6 nitrogen and oxygen atoms in total. The summed E-state index contributed by atoms with van der Waals surface area (Å²) in [5.74, 6) is 1.98. The van der Waals surface area contributed by atoms with Crippen LogP contribution in [0.4, 0.5) is 5.95 Å². The zero-order chi connectivity index (χ0) is 14.8. The number of nitrogens with one attached hydrogen (secondary N) is 1. The smallest absolute Gasteiger partial charge is 0.245 e. The summed E-state index contributed by atoms with van der Waals surface area (Å²) in [6.07, 6.45) is 3.77. The Morgan fingerprint density at radius 1 is 1.38 bits per heavy atom. The maximum absolute atomic E-state index is 5.97. The van der Waals surface area contributed by atoms with Gasteiger partial charge in [0.15, 0.2) is 5.82 Å². The van der Waals surface area contributed by atoms with Crippen molar-refractivity contribution in [2.45, 2.75) is 25.8 Å². The maximum atomic E-state index is 5.97. The number of anilines is 1. The summed E-state index contributed by atoms with van der Waals surface area (Å²) in [4.78, 5) is 11.0. The number of nitrogens with zero attached hydrogens (tertiary/aromatic N) is 4. The third-order valence-electron chi connectivity index (χ3n) is 4.01. The zero-order valence-corrected chi connectivity index (χ0v) is 12.7. The Morgan fingerprint density at radius 2 is 2.14 bits per heavy atom. The third-order valence-corrected chi connectivity index (χ3v) is 4.23. The second-order valence-corrected chi connectivity index (χ2v) is 5.97. The fourth-order valence-electron chi connectivity index (χ4n) is 2.65. The first-order chi connectivity index (χ1) is 10.1. The lowest BCUT2D eigenvalue weighted by molar-refractivity contribution is 0.352. The molecule has 1 aliphatic heterocycles. The third kappa shape index (κ3) is 3.16. The van der Waals surface area contributed by atoms with Crippen LogP contribution in [-0.4, -0.2) is 39.3 Å². The molecular formula is C14H19ClN6. The van der Waals surface area contributed by atoms with E-state index in [0.717, 1.165) is 37.6 Å². The van der Waals surface area contributed by atoms with Gasteiger partial charge >= 0.3 is 0 Å². The van der Waals surface area contributed by atoms with Crippen LogP contribution in [0.3, 0.4) is 0 Å². The van der Waals surface area contributed by atoms with Crippen LogP contribution < -0.4 is 10.6 Å². The lowest BCUT2D eigenvalue weighted by Gasteiger charge is -2.32. The highest BCUT2D eigenvalue weighted by Gasteiger charge is 2.24. The second kappa shape index (κ2) is 5.99. The summed E-state index contributed by atoms with van der Waals surface area (Å²) in [5, 5.41) is 7.84. The van der Waals surface area contributed by atoms with E-state index in [2.05, 4.69) is 32.0 Å². The Bertz CT molecular complexity index is 586. The van der Waals surface area contributed by atoms with Crippen molar-refractivity contribution in [3.05, 3.63) is 23.4 Å². The molecule has 21 heavy (non-hydrogen) atoms. The van der Waals surface area contributed by atoms with Gasteiger partial charge in [-0.25, -0.2) is 0 Å². The van der Waals surface area contributed by atoms with Gasteiger partial charge in [0.1, 0.15) is 5.69 Å². The van der Waals surface area contributed by atoms with Crippen molar-refractivity contribution in [1.29, 1.82) is 0 Å². The van der Waals surface area contributed by atoms with Gasteiger partial charge in [0.05, 0.1) is 5.02 Å². The summed E-state index contributed by atoms with van der Waals surface area (Å²) in [6.45, 7) is 3.96. The van der Waals surface area contributed by atoms with Crippen LogP contribution in [0, 0.1) is 5.92 Å². The highest BCUT2D eigenvalue weighted by molar-refractivity contribution is 6.30. The van der Waals surface area contributed by atoms with Gasteiger partial charge in [-0.1, -0.05) is 11.6 Å². The molecule has 2 aromatic heterocycles. The molecule has 3 heterocycles. The van der Waals surface area contributed by atoms with Gasteiger partial charge in [-0.3, -0.25) is 10.1 Å². The first-order valence-corrected chi connectivity index (χ1v) is 7.56. The highest BCUT2D eigenvalue weighted by atomic mass is 35.5. The molecule has 1 unspecified atom stereocenters. The average molecular weight is 307 g/mol. The summed E-state index contributed by atoms with van der Waals surface area (Å²) in [6, 6.07) is 3.88. The van der Waals surface area contributed by atoms with Crippen LogP contribution in [0.25, 0.3) is 11.5 Å². The number of pyridine rings is 1. The number of hydrogen-bond donors (Lipinski definition) is 2. The quantitative estimate of drug-likeness (QED) is 0.907. The molecular weight excluding hydrogens is 288 g/mol. The molecule has 0 aromatic carbocycles. The second-order valence-electron chi connectivity index (χ2n) is 5.53. The predicted octanol–water partition coefficient (Wildman–Crippen LogP) is 2.08. The molecule has 0 bridgehead atoms. The lowest BCUT2D eigenvalue weighted by atomic mass is 9.91. The lowest BCUT2D eigenvalue weighted by Crippen LogP contribution is -2.40.